The molecule has 0 saturated carbocycles. The maximum Gasteiger partial charge on any atom is 0.335 e. The van der Waals surface area contributed by atoms with Crippen molar-refractivity contribution in [3.63, 3.8) is 0 Å². The number of nitrogens with two attached hydrogens (primary N) is 1. The lowest BCUT2D eigenvalue weighted by Crippen LogP contribution is -2.02. The van der Waals surface area contributed by atoms with Crippen LogP contribution in [0.4, 0.5) is 5.69 Å². The lowest BCUT2D eigenvalue weighted by Gasteiger charge is -2.09. The standard InChI is InChI=1S/C14H13NO4/c15-12-7-10(14(17)18)4-5-13(12)19-8-9-2-1-3-11(16)6-9/h1-7,16H,8,15H2,(H,17,18). The minimum absolute atomic E-state index is 0.113. The summed E-state index contributed by atoms with van der Waals surface area (Å²) in [5.41, 5.74) is 6.89. The van der Waals surface area contributed by atoms with Crippen molar-refractivity contribution in [2.45, 2.75) is 6.61 Å². The molecule has 0 aliphatic heterocycles. The van der Waals surface area contributed by atoms with Gasteiger partial charge in [0.15, 0.2) is 0 Å². The van der Waals surface area contributed by atoms with E-state index in [2.05, 4.69) is 0 Å². The van der Waals surface area contributed by atoms with Crippen LogP contribution >= 0.6 is 0 Å². The molecular weight excluding hydrogens is 246 g/mol. The van der Waals surface area contributed by atoms with Crippen molar-refractivity contribution in [1.29, 1.82) is 0 Å². The van der Waals surface area contributed by atoms with E-state index >= 15 is 0 Å². The molecule has 98 valence electrons. The highest BCUT2D eigenvalue weighted by molar-refractivity contribution is 5.89. The summed E-state index contributed by atoms with van der Waals surface area (Å²) >= 11 is 0. The number of rotatable bonds is 4. The Kier molecular flexibility index (Phi) is 3.56. The highest BCUT2D eigenvalue weighted by Gasteiger charge is 2.07. The summed E-state index contributed by atoms with van der Waals surface area (Å²) in [5.74, 6) is -0.463. The third-order valence-corrected chi connectivity index (χ3v) is 2.56. The fourth-order valence-electron chi connectivity index (χ4n) is 1.62. The van der Waals surface area contributed by atoms with Gasteiger partial charge < -0.3 is 20.7 Å². The number of phenolic OH excluding ortho intramolecular Hbond substituents is 1. The van der Waals surface area contributed by atoms with Gasteiger partial charge >= 0.3 is 5.97 Å². The Balaban J connectivity index is 2.10. The van der Waals surface area contributed by atoms with Gasteiger partial charge in [-0.2, -0.15) is 0 Å². The fourth-order valence-corrected chi connectivity index (χ4v) is 1.62. The Morgan fingerprint density at radius 1 is 1.21 bits per heavy atom. The normalized spacial score (nSPS) is 10.1. The van der Waals surface area contributed by atoms with E-state index in [9.17, 15) is 9.90 Å². The average molecular weight is 259 g/mol. The number of benzene rings is 2. The van der Waals surface area contributed by atoms with Gasteiger partial charge in [0.25, 0.3) is 0 Å². The van der Waals surface area contributed by atoms with Gasteiger partial charge in [-0.3, -0.25) is 0 Å². The molecule has 2 rings (SSSR count). The number of carbonyl (C=O) groups is 1. The van der Waals surface area contributed by atoms with Crippen LogP contribution in [0.25, 0.3) is 0 Å². The zero-order valence-corrected chi connectivity index (χ0v) is 10.0. The van der Waals surface area contributed by atoms with E-state index in [0.717, 1.165) is 5.56 Å². The van der Waals surface area contributed by atoms with Crippen molar-refractivity contribution < 1.29 is 19.7 Å². The van der Waals surface area contributed by atoms with Gasteiger partial charge in [0.2, 0.25) is 0 Å². The second-order valence-corrected chi connectivity index (χ2v) is 4.02. The SMILES string of the molecule is Nc1cc(C(=O)O)ccc1OCc1cccc(O)c1. The minimum atomic E-state index is -1.04. The summed E-state index contributed by atoms with van der Waals surface area (Å²) in [6, 6.07) is 11.0. The van der Waals surface area contributed by atoms with Gasteiger partial charge in [-0.05, 0) is 35.9 Å². The first kappa shape index (κ1) is 12.8. The van der Waals surface area contributed by atoms with Crippen LogP contribution in [0.15, 0.2) is 42.5 Å². The number of anilines is 1. The highest BCUT2D eigenvalue weighted by atomic mass is 16.5. The number of nitrogen functional groups attached to an aromatic ring is 1. The molecule has 4 N–H and O–H groups in total. The number of hydrogen-bond donors (Lipinski definition) is 3. The van der Waals surface area contributed by atoms with Gasteiger partial charge in [-0.1, -0.05) is 12.1 Å². The molecule has 0 radical (unpaired) electrons. The van der Waals surface area contributed by atoms with Gasteiger partial charge in [0.05, 0.1) is 11.3 Å². The maximum atomic E-state index is 10.8. The molecule has 0 heterocycles. The van der Waals surface area contributed by atoms with Crippen molar-refractivity contribution in [2.75, 3.05) is 5.73 Å². The van der Waals surface area contributed by atoms with Crippen molar-refractivity contribution in [3.8, 4) is 11.5 Å². The van der Waals surface area contributed by atoms with Gasteiger partial charge in [0, 0.05) is 0 Å². The molecule has 0 aliphatic rings. The van der Waals surface area contributed by atoms with Crippen LogP contribution in [0.5, 0.6) is 11.5 Å². The zero-order chi connectivity index (χ0) is 13.8. The van der Waals surface area contributed by atoms with Crippen LogP contribution in [0.2, 0.25) is 0 Å². The van der Waals surface area contributed by atoms with E-state index in [1.54, 1.807) is 18.2 Å². The zero-order valence-electron chi connectivity index (χ0n) is 10.0. The first-order chi connectivity index (χ1) is 9.06. The smallest absolute Gasteiger partial charge is 0.335 e. The monoisotopic (exact) mass is 259 g/mol. The second-order valence-electron chi connectivity index (χ2n) is 4.02. The summed E-state index contributed by atoms with van der Waals surface area (Å²) in [4.78, 5) is 10.8. The average Bonchev–Trinajstić information content (AvgIpc) is 2.37. The molecule has 0 atom stereocenters. The molecule has 5 nitrogen and oxygen atoms in total. The number of ether oxygens (including phenoxy) is 1. The van der Waals surface area contributed by atoms with Crippen LogP contribution in [0, 0.1) is 0 Å². The predicted molar refractivity (Wildman–Crippen MR) is 70.3 cm³/mol. The molecular formula is C14H13NO4. The first-order valence-electron chi connectivity index (χ1n) is 5.60. The number of hydrogen-bond acceptors (Lipinski definition) is 4. The molecule has 5 heteroatoms. The van der Waals surface area contributed by atoms with Crippen LogP contribution in [-0.4, -0.2) is 16.2 Å². The number of aromatic carboxylic acids is 1. The van der Waals surface area contributed by atoms with E-state index in [-0.39, 0.29) is 23.6 Å². The predicted octanol–water partition coefficient (Wildman–Crippen LogP) is 2.25. The summed E-state index contributed by atoms with van der Waals surface area (Å²) < 4.78 is 5.48. The van der Waals surface area contributed by atoms with E-state index in [4.69, 9.17) is 15.6 Å². The van der Waals surface area contributed by atoms with Gasteiger partial charge in [-0.25, -0.2) is 4.79 Å². The number of phenols is 1. The van der Waals surface area contributed by atoms with Crippen molar-refractivity contribution in [2.24, 2.45) is 0 Å². The summed E-state index contributed by atoms with van der Waals surface area (Å²) in [6.07, 6.45) is 0. The molecule has 2 aromatic carbocycles. The Bertz CT molecular complexity index is 610. The molecule has 0 aliphatic carbocycles. The molecule has 0 aromatic heterocycles. The molecule has 19 heavy (non-hydrogen) atoms. The van der Waals surface area contributed by atoms with E-state index in [0.29, 0.717) is 5.75 Å². The Morgan fingerprint density at radius 3 is 2.63 bits per heavy atom. The number of carboxylic acids is 1. The van der Waals surface area contributed by atoms with Crippen LogP contribution in [0.3, 0.4) is 0 Å². The minimum Gasteiger partial charge on any atom is -0.508 e. The molecule has 0 unspecified atom stereocenters. The molecule has 0 spiro atoms. The lowest BCUT2D eigenvalue weighted by atomic mass is 10.2. The fraction of sp³-hybridized carbons (Fsp3) is 0.0714. The second kappa shape index (κ2) is 5.30. The quantitative estimate of drug-likeness (QED) is 0.732. The molecule has 0 saturated heterocycles. The van der Waals surface area contributed by atoms with Crippen LogP contribution in [-0.2, 0) is 6.61 Å². The van der Waals surface area contributed by atoms with Crippen LogP contribution in [0.1, 0.15) is 15.9 Å². The van der Waals surface area contributed by atoms with Gasteiger partial charge in [0.1, 0.15) is 18.1 Å². The van der Waals surface area contributed by atoms with Gasteiger partial charge in [-0.15, -0.1) is 0 Å². The van der Waals surface area contributed by atoms with E-state index < -0.39 is 5.97 Å². The summed E-state index contributed by atoms with van der Waals surface area (Å²) in [6.45, 7) is 0.241. The van der Waals surface area contributed by atoms with Crippen LogP contribution < -0.4 is 10.5 Å². The molecule has 0 fully saturated rings. The third-order valence-electron chi connectivity index (χ3n) is 2.56. The Morgan fingerprint density at radius 2 is 2.00 bits per heavy atom. The summed E-state index contributed by atoms with van der Waals surface area (Å²) in [5, 5.41) is 18.1. The maximum absolute atomic E-state index is 10.8. The third kappa shape index (κ3) is 3.16. The number of carboxylic acid groups (broad SMARTS) is 1. The van der Waals surface area contributed by atoms with Crippen molar-refractivity contribution in [3.05, 3.63) is 53.6 Å². The molecule has 0 bridgehead atoms. The summed E-state index contributed by atoms with van der Waals surface area (Å²) in [7, 11) is 0. The Hall–Kier alpha value is -2.69. The largest absolute Gasteiger partial charge is 0.508 e. The number of aromatic hydroxyl groups is 1. The van der Waals surface area contributed by atoms with Crippen molar-refractivity contribution in [1.82, 2.24) is 0 Å². The highest BCUT2D eigenvalue weighted by Crippen LogP contribution is 2.24. The van der Waals surface area contributed by atoms with E-state index in [1.807, 2.05) is 6.07 Å². The van der Waals surface area contributed by atoms with Crippen molar-refractivity contribution >= 4 is 11.7 Å². The topological polar surface area (TPSA) is 92.8 Å². The lowest BCUT2D eigenvalue weighted by molar-refractivity contribution is 0.0697. The first-order valence-corrected chi connectivity index (χ1v) is 5.60. The molecule has 2 aromatic rings. The Labute approximate surface area is 109 Å². The molecule has 0 amide bonds. The van der Waals surface area contributed by atoms with E-state index in [1.165, 1.54) is 18.2 Å².